The number of hydrogen-bond donors (Lipinski definition) is 1. The topological polar surface area (TPSA) is 12.0 Å². The first-order valence-corrected chi connectivity index (χ1v) is 1.61. The van der Waals surface area contributed by atoms with E-state index in [0.717, 1.165) is 0 Å². The highest BCUT2D eigenvalue weighted by Gasteiger charge is 2.27. The minimum Gasteiger partial charge on any atom is -0.274 e. The van der Waals surface area contributed by atoms with Gasteiger partial charge in [-0.2, -0.15) is 17.6 Å². The van der Waals surface area contributed by atoms with Crippen molar-refractivity contribution >= 4 is 0 Å². The Morgan fingerprint density at radius 2 is 1.75 bits per heavy atom. The Morgan fingerprint density at radius 3 is 1.75 bits per heavy atom. The fraction of sp³-hybridized carbons (Fsp3) is 0.333. The first-order chi connectivity index (χ1) is 3.42. The smallest absolute Gasteiger partial charge is 0.274 e. The summed E-state index contributed by atoms with van der Waals surface area (Å²) in [5.41, 5.74) is 0. The lowest BCUT2D eigenvalue weighted by Crippen LogP contribution is -2.28. The van der Waals surface area contributed by atoms with Crippen molar-refractivity contribution in [1.29, 1.82) is 0 Å². The third-order valence-corrected chi connectivity index (χ3v) is 0.277. The van der Waals surface area contributed by atoms with Crippen LogP contribution in [0.1, 0.15) is 0 Å². The van der Waals surface area contributed by atoms with Crippen LogP contribution < -0.4 is 5.32 Å². The van der Waals surface area contributed by atoms with E-state index in [1.807, 2.05) is 0 Å². The average molecular weight is 129 g/mol. The van der Waals surface area contributed by atoms with Gasteiger partial charge in [-0.05, 0) is 6.58 Å². The molecule has 0 radical (unpaired) electrons. The van der Waals surface area contributed by atoms with Crippen LogP contribution in [0.15, 0.2) is 12.5 Å². The Bertz CT molecular complexity index is 93.9. The van der Waals surface area contributed by atoms with Crippen LogP contribution in [-0.2, 0) is 0 Å². The third-order valence-electron chi connectivity index (χ3n) is 0.277. The van der Waals surface area contributed by atoms with Gasteiger partial charge in [0.25, 0.3) is 0 Å². The Morgan fingerprint density at radius 1 is 1.38 bits per heavy atom. The summed E-state index contributed by atoms with van der Waals surface area (Å²) in [4.78, 5) is 0. The van der Waals surface area contributed by atoms with Crippen LogP contribution in [0.25, 0.3) is 0 Å². The predicted molar refractivity (Wildman–Crippen MR) is 19.4 cm³/mol. The summed E-state index contributed by atoms with van der Waals surface area (Å²) in [6.45, 7) is 2.34. The zero-order chi connectivity index (χ0) is 6.78. The number of alkyl halides is 3. The molecule has 0 aromatic carbocycles. The van der Waals surface area contributed by atoms with Gasteiger partial charge >= 0.3 is 6.30 Å². The highest BCUT2D eigenvalue weighted by molar-refractivity contribution is 4.76. The molecule has 8 heavy (non-hydrogen) atoms. The van der Waals surface area contributed by atoms with Gasteiger partial charge in [0.15, 0.2) is 5.95 Å². The van der Waals surface area contributed by atoms with E-state index < -0.39 is 12.3 Å². The number of nitrogens with one attached hydrogen (secondary N) is 1. The van der Waals surface area contributed by atoms with E-state index in [2.05, 4.69) is 6.58 Å². The van der Waals surface area contributed by atoms with Crippen molar-refractivity contribution in [3.05, 3.63) is 12.5 Å². The van der Waals surface area contributed by atoms with Gasteiger partial charge in [-0.1, -0.05) is 0 Å². The summed E-state index contributed by atoms with van der Waals surface area (Å²) >= 11 is 0. The van der Waals surface area contributed by atoms with Crippen molar-refractivity contribution < 1.29 is 17.6 Å². The molecule has 0 saturated heterocycles. The summed E-state index contributed by atoms with van der Waals surface area (Å²) in [7, 11) is 0. The number of hydrogen-bond acceptors (Lipinski definition) is 1. The molecule has 0 heterocycles. The van der Waals surface area contributed by atoms with Gasteiger partial charge in [-0.3, -0.25) is 5.32 Å². The predicted octanol–water partition coefficient (Wildman–Crippen LogP) is 1.54. The summed E-state index contributed by atoms with van der Waals surface area (Å²) in [5, 5.41) is 0.521. The molecule has 5 heteroatoms. The van der Waals surface area contributed by atoms with Gasteiger partial charge in [0.05, 0.1) is 0 Å². The zero-order valence-electron chi connectivity index (χ0n) is 3.72. The highest BCUT2D eigenvalue weighted by Crippen LogP contribution is 2.11. The average Bonchev–Trinajstić information content (AvgIpc) is 1.21. The van der Waals surface area contributed by atoms with Crippen LogP contribution in [0.4, 0.5) is 17.6 Å². The maximum Gasteiger partial charge on any atom is 0.484 e. The first kappa shape index (κ1) is 7.26. The second-order valence-corrected chi connectivity index (χ2v) is 1.03. The second-order valence-electron chi connectivity index (χ2n) is 1.03. The molecule has 0 bridgehead atoms. The Balaban J connectivity index is 3.55. The minimum atomic E-state index is -4.70. The van der Waals surface area contributed by atoms with E-state index >= 15 is 0 Å². The third kappa shape index (κ3) is 5.26. The van der Waals surface area contributed by atoms with E-state index in [1.165, 1.54) is 0 Å². The summed E-state index contributed by atoms with van der Waals surface area (Å²) in [6.07, 6.45) is -4.70. The molecule has 0 saturated carbocycles. The van der Waals surface area contributed by atoms with Gasteiger partial charge in [0.1, 0.15) is 0 Å². The van der Waals surface area contributed by atoms with E-state index in [-0.39, 0.29) is 0 Å². The van der Waals surface area contributed by atoms with Gasteiger partial charge < -0.3 is 0 Å². The molecular formula is C3H3F4N. The van der Waals surface area contributed by atoms with E-state index in [4.69, 9.17) is 0 Å². The molecule has 0 amide bonds. The Kier molecular flexibility index (Phi) is 1.83. The minimum absolute atomic E-state index is 0.521. The van der Waals surface area contributed by atoms with E-state index in [1.54, 1.807) is 0 Å². The van der Waals surface area contributed by atoms with Crippen molar-refractivity contribution in [3.63, 3.8) is 0 Å². The Labute approximate surface area is 43.0 Å². The fourth-order valence-electron chi connectivity index (χ4n) is 0.154. The van der Waals surface area contributed by atoms with Gasteiger partial charge in [0, 0.05) is 0 Å². The molecule has 48 valence electrons. The van der Waals surface area contributed by atoms with E-state index in [0.29, 0.717) is 5.32 Å². The van der Waals surface area contributed by atoms with Crippen LogP contribution in [0.2, 0.25) is 0 Å². The normalized spacial score (nSPS) is 11.0. The summed E-state index contributed by atoms with van der Waals surface area (Å²) in [5.74, 6) is -1.60. The van der Waals surface area contributed by atoms with Crippen molar-refractivity contribution in [3.8, 4) is 0 Å². The van der Waals surface area contributed by atoms with Gasteiger partial charge in [-0.25, -0.2) is 0 Å². The second kappa shape index (κ2) is 2.02. The molecule has 0 aromatic rings. The monoisotopic (exact) mass is 129 g/mol. The molecule has 0 aliphatic heterocycles. The maximum absolute atomic E-state index is 11.2. The van der Waals surface area contributed by atoms with Crippen molar-refractivity contribution in [2.24, 2.45) is 0 Å². The summed E-state index contributed by atoms with van der Waals surface area (Å²) < 4.78 is 43.9. The molecular weight excluding hydrogens is 126 g/mol. The fourth-order valence-corrected chi connectivity index (χ4v) is 0.154. The van der Waals surface area contributed by atoms with Crippen LogP contribution >= 0.6 is 0 Å². The first-order valence-electron chi connectivity index (χ1n) is 1.61. The molecule has 0 aliphatic carbocycles. The quantitative estimate of drug-likeness (QED) is 0.418. The molecule has 0 fully saturated rings. The molecule has 0 spiro atoms. The lowest BCUT2D eigenvalue weighted by atomic mass is 10.9. The molecule has 1 nitrogen and oxygen atoms in total. The van der Waals surface area contributed by atoms with Crippen LogP contribution in [0, 0.1) is 0 Å². The van der Waals surface area contributed by atoms with Crippen molar-refractivity contribution in [2.75, 3.05) is 0 Å². The SMILES string of the molecule is C=C(F)NC(F)(F)F. The molecule has 0 rings (SSSR count). The van der Waals surface area contributed by atoms with Crippen LogP contribution in [-0.4, -0.2) is 6.30 Å². The number of halogens is 4. The van der Waals surface area contributed by atoms with Crippen LogP contribution in [0.5, 0.6) is 0 Å². The lowest BCUT2D eigenvalue weighted by molar-refractivity contribution is -0.153. The maximum atomic E-state index is 11.2. The largest absolute Gasteiger partial charge is 0.484 e. The molecule has 0 aromatic heterocycles. The number of rotatable bonds is 1. The Hall–Kier alpha value is -0.740. The standard InChI is InChI=1S/C3H3F4N/c1-2(4)8-3(5,6)7/h8H,1H2. The molecule has 0 unspecified atom stereocenters. The molecule has 1 N–H and O–H groups in total. The highest BCUT2D eigenvalue weighted by atomic mass is 19.4. The van der Waals surface area contributed by atoms with Crippen molar-refractivity contribution in [2.45, 2.75) is 6.30 Å². The van der Waals surface area contributed by atoms with Gasteiger partial charge in [0.2, 0.25) is 0 Å². The molecule has 0 aliphatic rings. The van der Waals surface area contributed by atoms with E-state index in [9.17, 15) is 17.6 Å². The van der Waals surface area contributed by atoms with Gasteiger partial charge in [-0.15, -0.1) is 0 Å². The summed E-state index contributed by atoms with van der Waals surface area (Å²) in [6, 6.07) is 0. The molecule has 0 atom stereocenters. The van der Waals surface area contributed by atoms with Crippen molar-refractivity contribution in [1.82, 2.24) is 5.32 Å². The lowest BCUT2D eigenvalue weighted by Gasteiger charge is -2.04. The van der Waals surface area contributed by atoms with Crippen LogP contribution in [0.3, 0.4) is 0 Å². The zero-order valence-corrected chi connectivity index (χ0v) is 3.72.